The van der Waals surface area contributed by atoms with Crippen LogP contribution in [0.3, 0.4) is 0 Å². The third-order valence-corrected chi connectivity index (χ3v) is 12.0. The predicted octanol–water partition coefficient (Wildman–Crippen LogP) is 14.4. The molecule has 0 fully saturated rings. The molecule has 0 saturated heterocycles. The fraction of sp³-hybridized carbons (Fsp3) is 0. The molecule has 12 aromatic rings. The normalized spacial score (nSPS) is 11.5. The maximum atomic E-state index is 5.00. The van der Waals surface area contributed by atoms with Gasteiger partial charge in [-0.2, -0.15) is 0 Å². The molecule has 0 aliphatic rings. The summed E-state index contributed by atoms with van der Waals surface area (Å²) in [6.45, 7) is 0. The standard InChI is InChI=1S/C57H37N5/c1-5-17-38(18-6-1)43-31-34-45(39-19-7-2-8-20-39)52(35-43)62-51-28-16-14-26-47(51)49-36-53-48(37-54(49)62)46-25-13-15-27-50(46)61(53)44-32-29-42(30-33-44)57-59-55(40-21-9-3-10-22-40)58-56(60-57)41-23-11-4-12-24-41/h1-37H. The first-order chi connectivity index (χ1) is 30.7. The molecule has 5 nitrogen and oxygen atoms in total. The minimum atomic E-state index is 0.632. The predicted molar refractivity (Wildman–Crippen MR) is 256 cm³/mol. The molecule has 0 N–H and O–H groups in total. The topological polar surface area (TPSA) is 48.5 Å². The lowest BCUT2D eigenvalue weighted by Crippen LogP contribution is -2.00. The lowest BCUT2D eigenvalue weighted by Gasteiger charge is -2.16. The zero-order valence-electron chi connectivity index (χ0n) is 33.6. The van der Waals surface area contributed by atoms with Gasteiger partial charge >= 0.3 is 0 Å². The number of aromatic nitrogens is 5. The van der Waals surface area contributed by atoms with Gasteiger partial charge < -0.3 is 9.13 Å². The Kier molecular flexibility index (Phi) is 8.42. The molecule has 0 amide bonds. The van der Waals surface area contributed by atoms with Gasteiger partial charge in [0.1, 0.15) is 0 Å². The van der Waals surface area contributed by atoms with Gasteiger partial charge in [-0.3, -0.25) is 0 Å². The van der Waals surface area contributed by atoms with Crippen LogP contribution >= 0.6 is 0 Å². The van der Waals surface area contributed by atoms with Crippen LogP contribution in [-0.4, -0.2) is 24.1 Å². The van der Waals surface area contributed by atoms with Crippen LogP contribution in [0.2, 0.25) is 0 Å². The lowest BCUT2D eigenvalue weighted by atomic mass is 9.98. The van der Waals surface area contributed by atoms with Gasteiger partial charge in [-0.25, -0.2) is 15.0 Å². The van der Waals surface area contributed by atoms with E-state index in [1.54, 1.807) is 0 Å². The second-order valence-corrected chi connectivity index (χ2v) is 15.6. The molecule has 3 aromatic heterocycles. The molecular formula is C57H37N5. The Bertz CT molecular complexity index is 3540. The highest BCUT2D eigenvalue weighted by molar-refractivity contribution is 6.19. The molecule has 290 valence electrons. The summed E-state index contributed by atoms with van der Waals surface area (Å²) in [5, 5.41) is 4.80. The molecule has 0 unspecified atom stereocenters. The van der Waals surface area contributed by atoms with E-state index >= 15 is 0 Å². The third kappa shape index (κ3) is 5.98. The van der Waals surface area contributed by atoms with Gasteiger partial charge in [-0.15, -0.1) is 0 Å². The zero-order valence-corrected chi connectivity index (χ0v) is 33.6. The minimum Gasteiger partial charge on any atom is -0.309 e. The third-order valence-electron chi connectivity index (χ3n) is 12.0. The van der Waals surface area contributed by atoms with Crippen molar-refractivity contribution >= 4 is 43.6 Å². The smallest absolute Gasteiger partial charge is 0.164 e. The average molecular weight is 792 g/mol. The zero-order chi connectivity index (χ0) is 41.0. The summed E-state index contributed by atoms with van der Waals surface area (Å²) in [6, 6.07) is 79.5. The number of nitrogens with zero attached hydrogens (tertiary/aromatic N) is 5. The van der Waals surface area contributed by atoms with E-state index < -0.39 is 0 Å². The van der Waals surface area contributed by atoms with Crippen LogP contribution in [-0.2, 0) is 0 Å². The molecule has 62 heavy (non-hydrogen) atoms. The summed E-state index contributed by atoms with van der Waals surface area (Å²) >= 11 is 0. The van der Waals surface area contributed by atoms with Crippen molar-refractivity contribution in [2.24, 2.45) is 0 Å². The SMILES string of the molecule is c1ccc(-c2ccc(-c3ccccc3)c(-n3c4ccccc4c4cc5c(cc43)c3ccccc3n5-c3ccc(-c4nc(-c5ccccc5)nc(-c5ccccc5)n4)cc3)c2)cc1. The van der Waals surface area contributed by atoms with Gasteiger partial charge in [0.15, 0.2) is 17.5 Å². The molecule has 9 aromatic carbocycles. The second-order valence-electron chi connectivity index (χ2n) is 15.6. The number of benzene rings is 9. The quantitative estimate of drug-likeness (QED) is 0.162. The first kappa shape index (κ1) is 35.5. The Morgan fingerprint density at radius 3 is 1.19 bits per heavy atom. The van der Waals surface area contributed by atoms with Crippen molar-refractivity contribution in [1.82, 2.24) is 24.1 Å². The van der Waals surface area contributed by atoms with Crippen LogP contribution in [0.25, 0.3) is 111 Å². The molecule has 0 radical (unpaired) electrons. The van der Waals surface area contributed by atoms with E-state index in [0.29, 0.717) is 17.5 Å². The van der Waals surface area contributed by atoms with Crippen molar-refractivity contribution in [3.63, 3.8) is 0 Å². The van der Waals surface area contributed by atoms with Crippen LogP contribution in [0.5, 0.6) is 0 Å². The Labute approximate surface area is 358 Å². The molecule has 0 spiro atoms. The highest BCUT2D eigenvalue weighted by Crippen LogP contribution is 2.42. The van der Waals surface area contributed by atoms with Crippen molar-refractivity contribution < 1.29 is 0 Å². The van der Waals surface area contributed by atoms with E-state index in [4.69, 9.17) is 15.0 Å². The van der Waals surface area contributed by atoms with Crippen molar-refractivity contribution in [3.05, 3.63) is 224 Å². The van der Waals surface area contributed by atoms with Gasteiger partial charge in [-0.1, -0.05) is 170 Å². The van der Waals surface area contributed by atoms with E-state index in [1.165, 1.54) is 49.3 Å². The minimum absolute atomic E-state index is 0.632. The van der Waals surface area contributed by atoms with Crippen LogP contribution < -0.4 is 0 Å². The fourth-order valence-electron chi connectivity index (χ4n) is 9.05. The molecular weight excluding hydrogens is 755 g/mol. The second kappa shape index (κ2) is 14.7. The van der Waals surface area contributed by atoms with E-state index in [9.17, 15) is 0 Å². The molecule has 0 aliphatic carbocycles. The van der Waals surface area contributed by atoms with E-state index in [0.717, 1.165) is 44.6 Å². The van der Waals surface area contributed by atoms with E-state index in [2.05, 4.69) is 173 Å². The van der Waals surface area contributed by atoms with E-state index in [-0.39, 0.29) is 0 Å². The summed E-state index contributed by atoms with van der Waals surface area (Å²) in [6.07, 6.45) is 0. The maximum absolute atomic E-state index is 5.00. The number of fused-ring (bicyclic) bond motifs is 6. The Morgan fingerprint density at radius 2 is 0.661 bits per heavy atom. The summed E-state index contributed by atoms with van der Waals surface area (Å²) < 4.78 is 4.87. The molecule has 3 heterocycles. The Hall–Kier alpha value is -8.41. The Balaban J connectivity index is 1.05. The van der Waals surface area contributed by atoms with E-state index in [1.807, 2.05) is 60.7 Å². The van der Waals surface area contributed by atoms with Crippen LogP contribution in [0, 0.1) is 0 Å². The van der Waals surface area contributed by atoms with Gasteiger partial charge in [-0.05, 0) is 71.3 Å². The number of hydrogen-bond donors (Lipinski definition) is 0. The molecule has 0 bridgehead atoms. The first-order valence-electron chi connectivity index (χ1n) is 20.9. The van der Waals surface area contributed by atoms with Crippen LogP contribution in [0.15, 0.2) is 224 Å². The molecule has 0 saturated carbocycles. The fourth-order valence-corrected chi connectivity index (χ4v) is 9.05. The monoisotopic (exact) mass is 791 g/mol. The lowest BCUT2D eigenvalue weighted by molar-refractivity contribution is 1.07. The van der Waals surface area contributed by atoms with Crippen LogP contribution in [0.1, 0.15) is 0 Å². The van der Waals surface area contributed by atoms with Crippen molar-refractivity contribution in [1.29, 1.82) is 0 Å². The van der Waals surface area contributed by atoms with Crippen molar-refractivity contribution in [2.75, 3.05) is 0 Å². The largest absolute Gasteiger partial charge is 0.309 e. The molecule has 5 heteroatoms. The van der Waals surface area contributed by atoms with Crippen LogP contribution in [0.4, 0.5) is 0 Å². The summed E-state index contributed by atoms with van der Waals surface area (Å²) in [4.78, 5) is 14.9. The number of para-hydroxylation sites is 2. The first-order valence-corrected chi connectivity index (χ1v) is 20.9. The number of rotatable bonds is 7. The number of hydrogen-bond acceptors (Lipinski definition) is 3. The van der Waals surface area contributed by atoms with Gasteiger partial charge in [0, 0.05) is 49.5 Å². The van der Waals surface area contributed by atoms with Gasteiger partial charge in [0.2, 0.25) is 0 Å². The van der Waals surface area contributed by atoms with Gasteiger partial charge in [0.25, 0.3) is 0 Å². The highest BCUT2D eigenvalue weighted by atomic mass is 15.0. The maximum Gasteiger partial charge on any atom is 0.164 e. The average Bonchev–Trinajstić information content (AvgIpc) is 3.86. The molecule has 12 rings (SSSR count). The van der Waals surface area contributed by atoms with Crippen molar-refractivity contribution in [3.8, 4) is 67.8 Å². The van der Waals surface area contributed by atoms with Gasteiger partial charge in [0.05, 0.1) is 27.8 Å². The van der Waals surface area contributed by atoms with Crippen molar-refractivity contribution in [2.45, 2.75) is 0 Å². The molecule has 0 atom stereocenters. The molecule has 0 aliphatic heterocycles. The Morgan fingerprint density at radius 1 is 0.258 bits per heavy atom. The highest BCUT2D eigenvalue weighted by Gasteiger charge is 2.21. The summed E-state index contributed by atoms with van der Waals surface area (Å²) in [5.74, 6) is 1.92. The summed E-state index contributed by atoms with van der Waals surface area (Å²) in [5.41, 5.74) is 14.4. The summed E-state index contributed by atoms with van der Waals surface area (Å²) in [7, 11) is 0.